The first-order valence-corrected chi connectivity index (χ1v) is 10.2. The maximum atomic E-state index is 5.07. The first-order valence-electron chi connectivity index (χ1n) is 8.51. The van der Waals surface area contributed by atoms with Crippen LogP contribution in [-0.2, 0) is 0 Å². The number of aromatic nitrogens is 1. The van der Waals surface area contributed by atoms with Gasteiger partial charge in [0.05, 0.1) is 0 Å². The van der Waals surface area contributed by atoms with Gasteiger partial charge in [-0.05, 0) is 0 Å². The molecule has 2 nitrogen and oxygen atoms in total. The number of rotatable bonds is 5. The molecule has 3 aromatic rings. The van der Waals surface area contributed by atoms with Crippen molar-refractivity contribution in [1.29, 1.82) is 0 Å². The van der Waals surface area contributed by atoms with Gasteiger partial charge in [-0.15, -0.1) is 0 Å². The van der Waals surface area contributed by atoms with Crippen LogP contribution in [0.2, 0.25) is 0 Å². The molecule has 0 radical (unpaired) electrons. The number of benzene rings is 2. The third-order valence-electron chi connectivity index (χ3n) is 3.94. The molecule has 0 fully saturated rings. The summed E-state index contributed by atoms with van der Waals surface area (Å²) < 4.78 is 2.50. The van der Waals surface area contributed by atoms with E-state index in [0.717, 1.165) is 11.3 Å². The van der Waals surface area contributed by atoms with Gasteiger partial charge < -0.3 is 0 Å². The van der Waals surface area contributed by atoms with Crippen LogP contribution >= 0.6 is 0 Å². The summed E-state index contributed by atoms with van der Waals surface area (Å²) in [5.41, 5.74) is 3.14. The Labute approximate surface area is 161 Å². The second kappa shape index (κ2) is 9.15. The average Bonchev–Trinajstić information content (AvgIpc) is 2.70. The van der Waals surface area contributed by atoms with Gasteiger partial charge in [0.1, 0.15) is 0 Å². The van der Waals surface area contributed by atoms with Crippen LogP contribution in [0.1, 0.15) is 30.9 Å². The Morgan fingerprint density at radius 3 is 2.38 bits per heavy atom. The molecule has 0 saturated carbocycles. The van der Waals surface area contributed by atoms with Crippen LogP contribution in [0.15, 0.2) is 84.1 Å². The van der Waals surface area contributed by atoms with E-state index in [-0.39, 0.29) is 20.9 Å². The molecule has 3 heteroatoms. The topological polar surface area (TPSA) is 25.2 Å². The van der Waals surface area contributed by atoms with E-state index >= 15 is 0 Å². The Hall–Kier alpha value is -2.66. The van der Waals surface area contributed by atoms with Crippen LogP contribution in [0, 0.1) is 11.8 Å². The summed E-state index contributed by atoms with van der Waals surface area (Å²) in [5, 5.41) is 0. The van der Waals surface area contributed by atoms with E-state index < -0.39 is 0 Å². The van der Waals surface area contributed by atoms with Gasteiger partial charge in [-0.3, -0.25) is 0 Å². The van der Waals surface area contributed by atoms with Gasteiger partial charge in [-0.1, -0.05) is 0 Å². The summed E-state index contributed by atoms with van der Waals surface area (Å²) in [6.07, 6.45) is 3.69. The van der Waals surface area contributed by atoms with E-state index in [0.29, 0.717) is 0 Å². The number of hydrogen-bond donors (Lipinski definition) is 0. The fourth-order valence-corrected chi connectivity index (χ4v) is 4.62. The number of nitrogens with zero attached hydrogens (tertiary/aromatic N) is 2. The third kappa shape index (κ3) is 4.70. The molecule has 1 heterocycles. The van der Waals surface area contributed by atoms with Crippen molar-refractivity contribution in [3.63, 3.8) is 0 Å². The number of pyridine rings is 1. The van der Waals surface area contributed by atoms with Crippen LogP contribution in [-0.4, -0.2) is 24.6 Å². The molecule has 0 amide bonds. The van der Waals surface area contributed by atoms with Crippen molar-refractivity contribution < 1.29 is 0 Å². The van der Waals surface area contributed by atoms with Crippen LogP contribution in [0.4, 0.5) is 5.69 Å². The predicted octanol–water partition coefficient (Wildman–Crippen LogP) is 4.32. The monoisotopic (exact) mass is 404 g/mol. The average molecular weight is 403 g/mol. The van der Waals surface area contributed by atoms with Crippen molar-refractivity contribution in [3.8, 4) is 11.8 Å². The first kappa shape index (κ1) is 18.1. The van der Waals surface area contributed by atoms with Crippen LogP contribution in [0.3, 0.4) is 0 Å². The molecule has 0 saturated heterocycles. The van der Waals surface area contributed by atoms with Crippen LogP contribution < -0.4 is 4.46 Å². The predicted molar refractivity (Wildman–Crippen MR) is 111 cm³/mol. The molecule has 128 valence electrons. The van der Waals surface area contributed by atoms with Crippen molar-refractivity contribution in [3.05, 3.63) is 90.3 Å². The van der Waals surface area contributed by atoms with Gasteiger partial charge in [-0.2, -0.15) is 0 Å². The summed E-state index contributed by atoms with van der Waals surface area (Å²) >= 11 is 0.136. The van der Waals surface area contributed by atoms with Crippen molar-refractivity contribution in [1.82, 2.24) is 4.98 Å². The zero-order chi connectivity index (χ0) is 18.2. The third-order valence-corrected chi connectivity index (χ3v) is 6.37. The van der Waals surface area contributed by atoms with Crippen LogP contribution in [0.5, 0.6) is 0 Å². The molecular formula is C23H20N2Se. The van der Waals surface area contributed by atoms with E-state index in [4.69, 9.17) is 4.99 Å². The summed E-state index contributed by atoms with van der Waals surface area (Å²) in [6.45, 7) is 4.07. The Morgan fingerprint density at radius 1 is 0.962 bits per heavy atom. The molecule has 0 aliphatic rings. The van der Waals surface area contributed by atoms with E-state index in [2.05, 4.69) is 66.2 Å². The van der Waals surface area contributed by atoms with E-state index in [1.807, 2.05) is 43.6 Å². The molecule has 0 aliphatic heterocycles. The maximum absolute atomic E-state index is 5.07. The zero-order valence-corrected chi connectivity index (χ0v) is 16.6. The molecule has 0 aliphatic carbocycles. The second-order valence-corrected chi connectivity index (χ2v) is 8.05. The quantitative estimate of drug-likeness (QED) is 0.354. The Bertz CT molecular complexity index is 938. The molecule has 2 aromatic carbocycles. The number of aliphatic imine (C=N–C) groups is 1. The van der Waals surface area contributed by atoms with Crippen molar-refractivity contribution in [2.75, 3.05) is 0 Å². The van der Waals surface area contributed by atoms with Crippen molar-refractivity contribution >= 4 is 29.7 Å². The molecule has 1 atom stereocenters. The molecule has 1 unspecified atom stereocenters. The summed E-state index contributed by atoms with van der Waals surface area (Å²) in [6, 6.07) is 22.8. The van der Waals surface area contributed by atoms with Gasteiger partial charge in [-0.25, -0.2) is 0 Å². The minimum atomic E-state index is 0.136. The molecule has 0 N–H and O–H groups in total. The Kier molecular flexibility index (Phi) is 6.39. The summed E-state index contributed by atoms with van der Waals surface area (Å²) in [7, 11) is 0. The normalized spacial score (nSPS) is 12.2. The molecule has 0 bridgehead atoms. The standard InChI is InChI=1S/C23H20N2Se/c1-3-9-20-10-7-8-13-22(20)25-23(26-21-11-5-4-6-12-21)18(2)19-14-16-24-17-15-19/h4-8,10-18H,1-2H3. The van der Waals surface area contributed by atoms with Gasteiger partial charge in [0.25, 0.3) is 0 Å². The SMILES string of the molecule is CC#Cc1ccccc1N=C([Se]c1ccccc1)C(C)c1ccncc1. The van der Waals surface area contributed by atoms with E-state index in [1.165, 1.54) is 14.6 Å². The van der Waals surface area contributed by atoms with Crippen LogP contribution in [0.25, 0.3) is 0 Å². The van der Waals surface area contributed by atoms with Crippen molar-refractivity contribution in [2.24, 2.45) is 4.99 Å². The second-order valence-electron chi connectivity index (χ2n) is 5.76. The fourth-order valence-electron chi connectivity index (χ4n) is 2.54. The van der Waals surface area contributed by atoms with Gasteiger partial charge in [0.15, 0.2) is 0 Å². The molecular weight excluding hydrogens is 383 g/mol. The van der Waals surface area contributed by atoms with E-state index in [9.17, 15) is 0 Å². The Morgan fingerprint density at radius 2 is 1.65 bits per heavy atom. The zero-order valence-electron chi connectivity index (χ0n) is 14.9. The van der Waals surface area contributed by atoms with E-state index in [1.54, 1.807) is 0 Å². The Balaban J connectivity index is 2.04. The van der Waals surface area contributed by atoms with Gasteiger partial charge in [0.2, 0.25) is 0 Å². The summed E-state index contributed by atoms with van der Waals surface area (Å²) in [5.74, 6) is 6.37. The fraction of sp³-hybridized carbons (Fsp3) is 0.130. The van der Waals surface area contributed by atoms with Gasteiger partial charge >= 0.3 is 162 Å². The molecule has 0 spiro atoms. The molecule has 1 aromatic heterocycles. The minimum absolute atomic E-state index is 0.136. The van der Waals surface area contributed by atoms with Gasteiger partial charge in [0, 0.05) is 0 Å². The molecule has 26 heavy (non-hydrogen) atoms. The molecule has 3 rings (SSSR count). The number of hydrogen-bond acceptors (Lipinski definition) is 2. The summed E-state index contributed by atoms with van der Waals surface area (Å²) in [4.78, 5) is 9.21. The first-order chi connectivity index (χ1) is 12.8. The van der Waals surface area contributed by atoms with Crippen molar-refractivity contribution in [2.45, 2.75) is 19.8 Å². The number of para-hydroxylation sites is 1.